The lowest BCUT2D eigenvalue weighted by atomic mass is 10.0. The molecule has 1 aliphatic rings. The molecule has 1 aliphatic heterocycles. The fourth-order valence-corrected chi connectivity index (χ4v) is 5.68. The Labute approximate surface area is 256 Å². The first kappa shape index (κ1) is 28.2. The molecule has 2 aromatic heterocycles. The Hall–Kier alpha value is -3.94. The Balaban J connectivity index is 1.41. The summed E-state index contributed by atoms with van der Waals surface area (Å²) in [4.78, 5) is 4.43. The summed E-state index contributed by atoms with van der Waals surface area (Å²) in [7, 11) is 0. The van der Waals surface area contributed by atoms with Gasteiger partial charge in [-0.15, -0.1) is 5.10 Å². The molecular weight excluding hydrogens is 598 g/mol. The minimum atomic E-state index is -0.540. The summed E-state index contributed by atoms with van der Waals surface area (Å²) in [5.41, 5.74) is 4.09. The normalized spacial score (nSPS) is 14.5. The molecule has 212 valence electrons. The van der Waals surface area contributed by atoms with Crippen molar-refractivity contribution in [2.45, 2.75) is 24.9 Å². The van der Waals surface area contributed by atoms with E-state index in [0.29, 0.717) is 38.0 Å². The maximum absolute atomic E-state index is 13.8. The second-order valence-corrected chi connectivity index (χ2v) is 11.3. The molecule has 8 nitrogen and oxygen atoms in total. The number of benzene rings is 3. The highest BCUT2D eigenvalue weighted by molar-refractivity contribution is 6.36. The van der Waals surface area contributed by atoms with Crippen molar-refractivity contribution in [3.05, 3.63) is 105 Å². The number of halogens is 4. The van der Waals surface area contributed by atoms with Crippen molar-refractivity contribution < 1.29 is 4.39 Å². The van der Waals surface area contributed by atoms with E-state index in [1.165, 1.54) is 18.3 Å². The van der Waals surface area contributed by atoms with Crippen LogP contribution in [0.15, 0.2) is 67.0 Å². The first-order valence-corrected chi connectivity index (χ1v) is 14.4. The van der Waals surface area contributed by atoms with Gasteiger partial charge in [-0.3, -0.25) is 4.98 Å². The van der Waals surface area contributed by atoms with Gasteiger partial charge in [0.2, 0.25) is 0 Å². The fraction of sp³-hybridized carbons (Fsp3) is 0.200. The molecule has 3 aromatic carbocycles. The maximum Gasteiger partial charge on any atom is 0.141 e. The topological polar surface area (TPSA) is 103 Å². The highest BCUT2D eigenvalue weighted by Crippen LogP contribution is 2.37. The smallest absolute Gasteiger partial charge is 0.141 e. The predicted molar refractivity (Wildman–Crippen MR) is 164 cm³/mol. The molecule has 0 aliphatic carbocycles. The Morgan fingerprint density at radius 1 is 1.00 bits per heavy atom. The highest BCUT2D eigenvalue weighted by atomic mass is 35.5. The lowest BCUT2D eigenvalue weighted by Gasteiger charge is -2.22. The average molecular weight is 622 g/mol. The number of aromatic nitrogens is 4. The minimum Gasteiger partial charge on any atom is -0.373 e. The second-order valence-electron chi connectivity index (χ2n) is 10.0. The Morgan fingerprint density at radius 3 is 2.50 bits per heavy atom. The highest BCUT2D eigenvalue weighted by Gasteiger charge is 2.23. The van der Waals surface area contributed by atoms with Crippen LogP contribution >= 0.6 is 34.8 Å². The standard InChI is InChI=1S/C30H24Cl3FN8/c31-19-3-1-17(2-4-19)29(27-16-42(41-40-27)22-7-9-36-10-8-22)39-21-11-23-28(38-20-5-6-26(34)24(32)12-20)18(14-35)15-37-30(23)25(33)13-21/h1-6,11-13,15-16,22,29,36,39H,7-10H2,(H,37,38). The van der Waals surface area contributed by atoms with Crippen molar-refractivity contribution in [2.24, 2.45) is 0 Å². The number of pyridine rings is 1. The van der Waals surface area contributed by atoms with E-state index in [4.69, 9.17) is 34.8 Å². The molecular formula is C30H24Cl3FN8. The first-order valence-electron chi connectivity index (χ1n) is 13.3. The van der Waals surface area contributed by atoms with E-state index in [0.717, 1.165) is 37.2 Å². The van der Waals surface area contributed by atoms with Crippen LogP contribution in [0, 0.1) is 17.1 Å². The van der Waals surface area contributed by atoms with Crippen molar-refractivity contribution in [1.82, 2.24) is 25.3 Å². The van der Waals surface area contributed by atoms with Crippen molar-refractivity contribution in [1.29, 1.82) is 5.26 Å². The number of anilines is 3. The molecule has 1 fully saturated rings. The lowest BCUT2D eigenvalue weighted by molar-refractivity contribution is 0.337. The number of nitrogens with one attached hydrogen (secondary N) is 3. The minimum absolute atomic E-state index is 0.0411. The molecule has 6 rings (SSSR count). The van der Waals surface area contributed by atoms with Gasteiger partial charge in [-0.05, 0) is 74.0 Å². The Kier molecular flexibility index (Phi) is 8.13. The van der Waals surface area contributed by atoms with E-state index >= 15 is 0 Å². The molecule has 0 spiro atoms. The third-order valence-electron chi connectivity index (χ3n) is 7.26. The summed E-state index contributed by atoms with van der Waals surface area (Å²) >= 11 is 19.0. The van der Waals surface area contributed by atoms with Gasteiger partial charge in [0.1, 0.15) is 17.6 Å². The number of hydrogen-bond donors (Lipinski definition) is 3. The molecule has 1 saturated heterocycles. The quantitative estimate of drug-likeness (QED) is 0.171. The van der Waals surface area contributed by atoms with Gasteiger partial charge in [0.15, 0.2) is 0 Å². The molecule has 1 unspecified atom stereocenters. The number of rotatable bonds is 7. The van der Waals surface area contributed by atoms with Crippen molar-refractivity contribution in [3.63, 3.8) is 0 Å². The zero-order valence-electron chi connectivity index (χ0n) is 22.1. The van der Waals surface area contributed by atoms with E-state index in [1.807, 2.05) is 41.2 Å². The van der Waals surface area contributed by atoms with Crippen LogP contribution in [0.3, 0.4) is 0 Å². The van der Waals surface area contributed by atoms with Crippen LogP contribution in [0.25, 0.3) is 10.9 Å². The molecule has 3 heterocycles. The lowest BCUT2D eigenvalue weighted by Crippen LogP contribution is -2.29. The molecule has 0 saturated carbocycles. The molecule has 5 aromatic rings. The number of hydrogen-bond acceptors (Lipinski definition) is 7. The van der Waals surface area contributed by atoms with Crippen LogP contribution in [0.1, 0.15) is 41.7 Å². The summed E-state index contributed by atoms with van der Waals surface area (Å²) in [5.74, 6) is -0.540. The Morgan fingerprint density at radius 2 is 1.76 bits per heavy atom. The monoisotopic (exact) mass is 620 g/mol. The van der Waals surface area contributed by atoms with Gasteiger partial charge in [-0.2, -0.15) is 5.26 Å². The van der Waals surface area contributed by atoms with Crippen LogP contribution < -0.4 is 16.0 Å². The van der Waals surface area contributed by atoms with Gasteiger partial charge in [-0.25, -0.2) is 9.07 Å². The summed E-state index contributed by atoms with van der Waals surface area (Å²) < 4.78 is 15.7. The number of fused-ring (bicyclic) bond motifs is 1. The number of piperidine rings is 1. The Bertz CT molecular complexity index is 1800. The number of nitrogens with zero attached hydrogens (tertiary/aromatic N) is 5. The van der Waals surface area contributed by atoms with Crippen molar-refractivity contribution in [3.8, 4) is 6.07 Å². The van der Waals surface area contributed by atoms with Gasteiger partial charge in [0, 0.05) is 28.0 Å². The van der Waals surface area contributed by atoms with Gasteiger partial charge < -0.3 is 16.0 Å². The van der Waals surface area contributed by atoms with Crippen molar-refractivity contribution >= 4 is 62.8 Å². The second kappa shape index (κ2) is 12.1. The molecule has 0 bridgehead atoms. The molecule has 0 amide bonds. The largest absolute Gasteiger partial charge is 0.373 e. The van der Waals surface area contributed by atoms with Crippen LogP contribution in [0.5, 0.6) is 0 Å². The van der Waals surface area contributed by atoms with Gasteiger partial charge in [-0.1, -0.05) is 52.1 Å². The molecule has 1 atom stereocenters. The third kappa shape index (κ3) is 5.85. The molecule has 42 heavy (non-hydrogen) atoms. The van der Waals surface area contributed by atoms with E-state index in [-0.39, 0.29) is 22.7 Å². The summed E-state index contributed by atoms with van der Waals surface area (Å²) in [6.45, 7) is 1.88. The van der Waals surface area contributed by atoms with Crippen LogP contribution in [-0.4, -0.2) is 33.1 Å². The van der Waals surface area contributed by atoms with E-state index in [9.17, 15) is 9.65 Å². The van der Waals surface area contributed by atoms with E-state index in [1.54, 1.807) is 12.1 Å². The van der Waals surface area contributed by atoms with Gasteiger partial charge in [0.05, 0.1) is 45.1 Å². The summed E-state index contributed by atoms with van der Waals surface area (Å²) in [6, 6.07) is 17.5. The number of nitriles is 1. The third-order valence-corrected chi connectivity index (χ3v) is 8.08. The SMILES string of the molecule is N#Cc1cnc2c(Cl)cc(NC(c3ccc(Cl)cc3)c3cn(C4CCNCC4)nn3)cc2c1Nc1ccc(F)c(Cl)c1. The molecule has 3 N–H and O–H groups in total. The van der Waals surface area contributed by atoms with Crippen LogP contribution in [-0.2, 0) is 0 Å². The van der Waals surface area contributed by atoms with Crippen LogP contribution in [0.2, 0.25) is 15.1 Å². The maximum atomic E-state index is 13.8. The molecule has 0 radical (unpaired) electrons. The fourth-order valence-electron chi connectivity index (χ4n) is 5.10. The predicted octanol–water partition coefficient (Wildman–Crippen LogP) is 7.67. The van der Waals surface area contributed by atoms with Crippen LogP contribution in [0.4, 0.5) is 21.5 Å². The van der Waals surface area contributed by atoms with Crippen molar-refractivity contribution in [2.75, 3.05) is 23.7 Å². The zero-order valence-corrected chi connectivity index (χ0v) is 24.3. The molecule has 12 heteroatoms. The summed E-state index contributed by atoms with van der Waals surface area (Å²) in [5, 5.41) is 30.6. The average Bonchev–Trinajstić information content (AvgIpc) is 3.49. The van der Waals surface area contributed by atoms with E-state index < -0.39 is 5.82 Å². The van der Waals surface area contributed by atoms with Gasteiger partial charge in [0.25, 0.3) is 0 Å². The first-order chi connectivity index (χ1) is 20.4. The van der Waals surface area contributed by atoms with Gasteiger partial charge >= 0.3 is 0 Å². The zero-order chi connectivity index (χ0) is 29.2. The summed E-state index contributed by atoms with van der Waals surface area (Å²) in [6.07, 6.45) is 5.38. The van der Waals surface area contributed by atoms with E-state index in [2.05, 4.69) is 37.3 Å².